The van der Waals surface area contributed by atoms with Crippen molar-refractivity contribution in [3.8, 4) is 0 Å². The Kier molecular flexibility index (Phi) is 4.18. The summed E-state index contributed by atoms with van der Waals surface area (Å²) in [5.74, 6) is -0.353. The van der Waals surface area contributed by atoms with Crippen LogP contribution in [0.2, 0.25) is 0 Å². The Morgan fingerprint density at radius 3 is 2.85 bits per heavy atom. The van der Waals surface area contributed by atoms with Gasteiger partial charge in [0.2, 0.25) is 0 Å². The summed E-state index contributed by atoms with van der Waals surface area (Å²) < 4.78 is 15.2. The van der Waals surface area contributed by atoms with E-state index >= 15 is 0 Å². The molecule has 0 unspecified atom stereocenters. The van der Waals surface area contributed by atoms with Gasteiger partial charge in [-0.15, -0.1) is 0 Å². The third kappa shape index (κ3) is 3.32. The van der Waals surface area contributed by atoms with Crippen LogP contribution >= 0.6 is 0 Å². The molecule has 0 spiro atoms. The molecule has 1 heterocycles. The number of hydrogen-bond acceptors (Lipinski definition) is 4. The maximum absolute atomic E-state index is 11.0. The van der Waals surface area contributed by atoms with Gasteiger partial charge < -0.3 is 14.2 Å². The first-order valence-corrected chi connectivity index (χ1v) is 4.59. The van der Waals surface area contributed by atoms with E-state index in [0.29, 0.717) is 0 Å². The number of hydrogen-bond donors (Lipinski definition) is 0. The molecule has 0 N–H and O–H groups in total. The molecule has 4 heteroatoms. The molecule has 0 radical (unpaired) electrons. The largest absolute Gasteiger partial charge is 0.467 e. The minimum Gasteiger partial charge on any atom is -0.467 e. The van der Waals surface area contributed by atoms with Gasteiger partial charge in [0.05, 0.1) is 7.11 Å². The molecule has 4 nitrogen and oxygen atoms in total. The Hall–Kier alpha value is -0.610. The predicted molar refractivity (Wildman–Crippen MR) is 46.2 cm³/mol. The van der Waals surface area contributed by atoms with Crippen LogP contribution in [-0.2, 0) is 19.0 Å². The zero-order valence-corrected chi connectivity index (χ0v) is 8.12. The zero-order chi connectivity index (χ0) is 9.68. The van der Waals surface area contributed by atoms with Crippen molar-refractivity contribution in [1.82, 2.24) is 0 Å². The standard InChI is InChI=1S/C9H16O4/c1-7(9(10)11-2)13-8-5-3-4-6-12-8/h7-8H,3-6H2,1-2H3/t7-,8+/m1/s1. The van der Waals surface area contributed by atoms with Gasteiger partial charge in [-0.05, 0) is 26.2 Å². The van der Waals surface area contributed by atoms with Crippen LogP contribution in [0.3, 0.4) is 0 Å². The fourth-order valence-corrected chi connectivity index (χ4v) is 1.27. The minimum absolute atomic E-state index is 0.233. The van der Waals surface area contributed by atoms with Crippen molar-refractivity contribution in [2.24, 2.45) is 0 Å². The molecule has 1 fully saturated rings. The van der Waals surface area contributed by atoms with E-state index in [2.05, 4.69) is 4.74 Å². The molecule has 0 aliphatic carbocycles. The van der Waals surface area contributed by atoms with E-state index in [1.807, 2.05) is 0 Å². The first kappa shape index (κ1) is 10.5. The molecule has 2 atom stereocenters. The molecule has 0 aromatic carbocycles. The second-order valence-corrected chi connectivity index (χ2v) is 3.10. The first-order chi connectivity index (χ1) is 6.24. The summed E-state index contributed by atoms with van der Waals surface area (Å²) in [5, 5.41) is 0. The van der Waals surface area contributed by atoms with Gasteiger partial charge in [-0.3, -0.25) is 0 Å². The van der Waals surface area contributed by atoms with Gasteiger partial charge in [-0.1, -0.05) is 0 Å². The van der Waals surface area contributed by atoms with Crippen LogP contribution in [0.5, 0.6) is 0 Å². The summed E-state index contributed by atoms with van der Waals surface area (Å²) in [6, 6.07) is 0. The van der Waals surface area contributed by atoms with Crippen molar-refractivity contribution in [2.75, 3.05) is 13.7 Å². The quantitative estimate of drug-likeness (QED) is 0.622. The molecular weight excluding hydrogens is 172 g/mol. The van der Waals surface area contributed by atoms with Crippen LogP contribution in [0.1, 0.15) is 26.2 Å². The van der Waals surface area contributed by atoms with E-state index in [-0.39, 0.29) is 12.3 Å². The van der Waals surface area contributed by atoms with Crippen molar-refractivity contribution in [2.45, 2.75) is 38.6 Å². The number of esters is 1. The number of carbonyl (C=O) groups is 1. The van der Waals surface area contributed by atoms with E-state index in [9.17, 15) is 4.79 Å². The Labute approximate surface area is 78.2 Å². The Balaban J connectivity index is 2.25. The van der Waals surface area contributed by atoms with E-state index in [0.717, 1.165) is 25.9 Å². The third-order valence-electron chi connectivity index (χ3n) is 2.03. The highest BCUT2D eigenvalue weighted by Crippen LogP contribution is 2.15. The van der Waals surface area contributed by atoms with E-state index in [1.54, 1.807) is 6.92 Å². The van der Waals surface area contributed by atoms with Gasteiger partial charge in [-0.2, -0.15) is 0 Å². The molecule has 13 heavy (non-hydrogen) atoms. The van der Waals surface area contributed by atoms with Gasteiger partial charge in [0.15, 0.2) is 12.4 Å². The van der Waals surface area contributed by atoms with Crippen LogP contribution in [0.4, 0.5) is 0 Å². The van der Waals surface area contributed by atoms with E-state index in [4.69, 9.17) is 9.47 Å². The number of rotatable bonds is 3. The average molecular weight is 188 g/mol. The summed E-state index contributed by atoms with van der Waals surface area (Å²) in [7, 11) is 1.35. The van der Waals surface area contributed by atoms with Crippen molar-refractivity contribution >= 4 is 5.97 Å². The molecular formula is C9H16O4. The fourth-order valence-electron chi connectivity index (χ4n) is 1.27. The highest BCUT2D eigenvalue weighted by atomic mass is 16.7. The van der Waals surface area contributed by atoms with E-state index in [1.165, 1.54) is 7.11 Å². The molecule has 0 saturated carbocycles. The second kappa shape index (κ2) is 5.19. The minimum atomic E-state index is -0.534. The predicted octanol–water partition coefficient (Wildman–Crippen LogP) is 1.09. The molecule has 0 aromatic heterocycles. The summed E-state index contributed by atoms with van der Waals surface area (Å²) in [5.41, 5.74) is 0. The van der Waals surface area contributed by atoms with Crippen molar-refractivity contribution < 1.29 is 19.0 Å². The van der Waals surface area contributed by atoms with Crippen LogP contribution in [-0.4, -0.2) is 32.1 Å². The molecule has 1 saturated heterocycles. The van der Waals surface area contributed by atoms with Gasteiger partial charge in [-0.25, -0.2) is 4.79 Å². The molecule has 1 rings (SSSR count). The lowest BCUT2D eigenvalue weighted by Gasteiger charge is -2.24. The zero-order valence-electron chi connectivity index (χ0n) is 8.12. The number of methoxy groups -OCH3 is 1. The van der Waals surface area contributed by atoms with Gasteiger partial charge in [0.1, 0.15) is 0 Å². The number of carbonyl (C=O) groups excluding carboxylic acids is 1. The fraction of sp³-hybridized carbons (Fsp3) is 0.889. The Morgan fingerprint density at radius 2 is 2.31 bits per heavy atom. The van der Waals surface area contributed by atoms with Gasteiger partial charge in [0, 0.05) is 6.61 Å². The normalized spacial score (nSPS) is 25.2. The summed E-state index contributed by atoms with van der Waals surface area (Å²) in [6.45, 7) is 2.39. The first-order valence-electron chi connectivity index (χ1n) is 4.59. The molecule has 0 bridgehead atoms. The Bertz CT molecular complexity index is 163. The molecule has 1 aliphatic rings. The SMILES string of the molecule is COC(=O)[C@@H](C)O[C@H]1CCCCO1. The molecule has 0 aromatic rings. The molecule has 76 valence electrons. The highest BCUT2D eigenvalue weighted by Gasteiger charge is 2.21. The number of ether oxygens (including phenoxy) is 3. The van der Waals surface area contributed by atoms with Crippen molar-refractivity contribution in [3.63, 3.8) is 0 Å². The lowest BCUT2D eigenvalue weighted by atomic mass is 10.2. The summed E-state index contributed by atoms with van der Waals surface area (Å²) >= 11 is 0. The van der Waals surface area contributed by atoms with Crippen LogP contribution < -0.4 is 0 Å². The maximum Gasteiger partial charge on any atom is 0.334 e. The topological polar surface area (TPSA) is 44.8 Å². The molecule has 1 aliphatic heterocycles. The van der Waals surface area contributed by atoms with Crippen LogP contribution in [0.15, 0.2) is 0 Å². The third-order valence-corrected chi connectivity index (χ3v) is 2.03. The Morgan fingerprint density at radius 1 is 1.54 bits per heavy atom. The second-order valence-electron chi connectivity index (χ2n) is 3.10. The van der Waals surface area contributed by atoms with E-state index < -0.39 is 6.10 Å². The lowest BCUT2D eigenvalue weighted by Crippen LogP contribution is -2.31. The lowest BCUT2D eigenvalue weighted by molar-refractivity contribution is -0.199. The van der Waals surface area contributed by atoms with Crippen LogP contribution in [0.25, 0.3) is 0 Å². The highest BCUT2D eigenvalue weighted by molar-refractivity contribution is 5.73. The van der Waals surface area contributed by atoms with Crippen molar-refractivity contribution in [1.29, 1.82) is 0 Å². The summed E-state index contributed by atoms with van der Waals surface area (Å²) in [6.07, 6.45) is 2.27. The van der Waals surface area contributed by atoms with Crippen LogP contribution in [0, 0.1) is 0 Å². The average Bonchev–Trinajstić information content (AvgIpc) is 2.18. The van der Waals surface area contributed by atoms with Gasteiger partial charge >= 0.3 is 5.97 Å². The monoisotopic (exact) mass is 188 g/mol. The smallest absolute Gasteiger partial charge is 0.334 e. The summed E-state index contributed by atoms with van der Waals surface area (Å²) in [4.78, 5) is 11.0. The maximum atomic E-state index is 11.0. The van der Waals surface area contributed by atoms with Gasteiger partial charge in [0.25, 0.3) is 0 Å². The molecule has 0 amide bonds. The van der Waals surface area contributed by atoms with Crippen molar-refractivity contribution in [3.05, 3.63) is 0 Å².